The summed E-state index contributed by atoms with van der Waals surface area (Å²) in [5.41, 5.74) is 0. The van der Waals surface area contributed by atoms with Crippen molar-refractivity contribution in [3.8, 4) is 0 Å². The molecule has 1 aromatic rings. The van der Waals surface area contributed by atoms with Gasteiger partial charge in [0.25, 0.3) is 0 Å². The summed E-state index contributed by atoms with van der Waals surface area (Å²) in [5, 5.41) is 4.94. The highest BCUT2D eigenvalue weighted by Crippen LogP contribution is 2.24. The Morgan fingerprint density at radius 3 is 2.68 bits per heavy atom. The quantitative estimate of drug-likeness (QED) is 0.803. The lowest BCUT2D eigenvalue weighted by atomic mass is 10.2. The molecule has 1 aromatic heterocycles. The molecule has 0 aromatic carbocycles. The van der Waals surface area contributed by atoms with E-state index in [4.69, 9.17) is 0 Å². The molecular formula is C13H24N2O2S2. The molecule has 0 saturated heterocycles. The Hall–Kier alpha value is -0.430. The number of rotatable bonds is 8. The Balaban J connectivity index is 2.84. The molecule has 0 aliphatic heterocycles. The van der Waals surface area contributed by atoms with Crippen molar-refractivity contribution >= 4 is 21.4 Å². The van der Waals surface area contributed by atoms with Crippen molar-refractivity contribution in [1.82, 2.24) is 9.62 Å². The molecule has 0 radical (unpaired) electrons. The minimum absolute atomic E-state index is 0.0344. The van der Waals surface area contributed by atoms with Crippen LogP contribution >= 0.6 is 11.3 Å². The lowest BCUT2D eigenvalue weighted by Crippen LogP contribution is -2.34. The number of nitrogens with zero attached hydrogens (tertiary/aromatic N) is 1. The van der Waals surface area contributed by atoms with Crippen LogP contribution in [0.5, 0.6) is 0 Å². The van der Waals surface area contributed by atoms with Crippen molar-refractivity contribution in [3.63, 3.8) is 0 Å². The van der Waals surface area contributed by atoms with Gasteiger partial charge in [-0.25, -0.2) is 8.42 Å². The van der Waals surface area contributed by atoms with Crippen LogP contribution < -0.4 is 5.32 Å². The maximum atomic E-state index is 12.4. The predicted octanol–water partition coefficient (Wildman–Crippen LogP) is 2.67. The van der Waals surface area contributed by atoms with Crippen LogP contribution in [-0.2, 0) is 16.6 Å². The van der Waals surface area contributed by atoms with Gasteiger partial charge in [0.1, 0.15) is 0 Å². The first-order valence-corrected chi connectivity index (χ1v) is 9.01. The summed E-state index contributed by atoms with van der Waals surface area (Å²) < 4.78 is 26.4. The molecule has 0 aliphatic carbocycles. The Morgan fingerprint density at radius 1 is 1.42 bits per heavy atom. The maximum absolute atomic E-state index is 12.4. The highest BCUT2D eigenvalue weighted by atomic mass is 32.2. The molecule has 0 aliphatic rings. The van der Waals surface area contributed by atoms with E-state index in [2.05, 4.69) is 12.2 Å². The molecule has 1 unspecified atom stereocenters. The van der Waals surface area contributed by atoms with Crippen LogP contribution in [0.1, 0.15) is 38.5 Å². The lowest BCUT2D eigenvalue weighted by Gasteiger charge is -2.23. The van der Waals surface area contributed by atoms with Gasteiger partial charge < -0.3 is 5.32 Å². The average molecular weight is 304 g/mol. The van der Waals surface area contributed by atoms with E-state index in [9.17, 15) is 8.42 Å². The van der Waals surface area contributed by atoms with Crippen molar-refractivity contribution in [3.05, 3.63) is 16.3 Å². The highest BCUT2D eigenvalue weighted by molar-refractivity contribution is 7.89. The van der Waals surface area contributed by atoms with Crippen molar-refractivity contribution < 1.29 is 8.42 Å². The average Bonchev–Trinajstić information content (AvgIpc) is 2.85. The standard InChI is InChI=1S/C13H24N2O2S2/c1-5-7-11(3)15(4)19(16,17)13-8-12(18-10-13)9-14-6-2/h8,10-11,14H,5-7,9H2,1-4H3. The number of hydrogen-bond acceptors (Lipinski definition) is 4. The summed E-state index contributed by atoms with van der Waals surface area (Å²) in [6.45, 7) is 7.66. The summed E-state index contributed by atoms with van der Waals surface area (Å²) in [4.78, 5) is 1.47. The first-order valence-electron chi connectivity index (χ1n) is 6.69. The van der Waals surface area contributed by atoms with Gasteiger partial charge in [-0.3, -0.25) is 0 Å². The smallest absolute Gasteiger partial charge is 0.243 e. The van der Waals surface area contributed by atoms with Crippen LogP contribution in [0.3, 0.4) is 0 Å². The molecule has 1 rings (SSSR count). The van der Waals surface area contributed by atoms with Crippen LogP contribution in [0, 0.1) is 0 Å². The van der Waals surface area contributed by atoms with E-state index in [1.807, 2.05) is 13.8 Å². The van der Waals surface area contributed by atoms with E-state index in [0.717, 1.165) is 30.8 Å². The summed E-state index contributed by atoms with van der Waals surface area (Å²) >= 11 is 1.49. The van der Waals surface area contributed by atoms with Gasteiger partial charge in [0.05, 0.1) is 4.90 Å². The number of sulfonamides is 1. The van der Waals surface area contributed by atoms with Crippen molar-refractivity contribution in [1.29, 1.82) is 0 Å². The van der Waals surface area contributed by atoms with Gasteiger partial charge in [0.15, 0.2) is 0 Å². The first-order chi connectivity index (χ1) is 8.93. The number of thiophene rings is 1. The SMILES string of the molecule is CCCC(C)N(C)S(=O)(=O)c1csc(CNCC)c1. The molecule has 0 fully saturated rings. The van der Waals surface area contributed by atoms with Crippen LogP contribution in [0.4, 0.5) is 0 Å². The van der Waals surface area contributed by atoms with Gasteiger partial charge >= 0.3 is 0 Å². The molecule has 4 nitrogen and oxygen atoms in total. The third-order valence-electron chi connectivity index (χ3n) is 3.18. The predicted molar refractivity (Wildman–Crippen MR) is 81.0 cm³/mol. The summed E-state index contributed by atoms with van der Waals surface area (Å²) in [6.07, 6.45) is 1.86. The molecule has 110 valence electrons. The highest BCUT2D eigenvalue weighted by Gasteiger charge is 2.25. The molecule has 0 amide bonds. The Kier molecular flexibility index (Phi) is 6.46. The third-order valence-corrected chi connectivity index (χ3v) is 6.22. The summed E-state index contributed by atoms with van der Waals surface area (Å²) in [6, 6.07) is 1.81. The number of nitrogens with one attached hydrogen (secondary N) is 1. The molecule has 1 atom stereocenters. The monoisotopic (exact) mass is 304 g/mol. The molecule has 19 heavy (non-hydrogen) atoms. The zero-order valence-corrected chi connectivity index (χ0v) is 13.8. The normalized spacial score (nSPS) is 13.9. The zero-order valence-electron chi connectivity index (χ0n) is 12.1. The Labute approximate surface area is 120 Å². The van der Waals surface area contributed by atoms with E-state index in [1.165, 1.54) is 15.6 Å². The van der Waals surface area contributed by atoms with Gasteiger partial charge in [0, 0.05) is 29.9 Å². The molecule has 0 spiro atoms. The molecule has 0 bridgehead atoms. The van der Waals surface area contributed by atoms with Crippen LogP contribution in [0.25, 0.3) is 0 Å². The van der Waals surface area contributed by atoms with Crippen molar-refractivity contribution in [2.75, 3.05) is 13.6 Å². The number of hydrogen-bond donors (Lipinski definition) is 1. The zero-order chi connectivity index (χ0) is 14.5. The Bertz CT molecular complexity index is 483. The fourth-order valence-corrected chi connectivity index (χ4v) is 4.46. The van der Waals surface area contributed by atoms with Gasteiger partial charge in [-0.15, -0.1) is 11.3 Å². The third kappa shape index (κ3) is 4.27. The maximum Gasteiger partial charge on any atom is 0.243 e. The molecule has 0 saturated carbocycles. The summed E-state index contributed by atoms with van der Waals surface area (Å²) in [5.74, 6) is 0. The Morgan fingerprint density at radius 2 is 2.11 bits per heavy atom. The van der Waals surface area contributed by atoms with Gasteiger partial charge in [-0.2, -0.15) is 4.31 Å². The van der Waals surface area contributed by atoms with Gasteiger partial charge in [-0.1, -0.05) is 20.3 Å². The molecular weight excluding hydrogens is 280 g/mol. The van der Waals surface area contributed by atoms with Gasteiger partial charge in [0.2, 0.25) is 10.0 Å². The summed E-state index contributed by atoms with van der Waals surface area (Å²) in [7, 11) is -1.68. The second-order valence-electron chi connectivity index (χ2n) is 4.69. The second-order valence-corrected chi connectivity index (χ2v) is 7.68. The fraction of sp³-hybridized carbons (Fsp3) is 0.692. The largest absolute Gasteiger partial charge is 0.312 e. The van der Waals surface area contributed by atoms with Gasteiger partial charge in [-0.05, 0) is 26.0 Å². The van der Waals surface area contributed by atoms with E-state index in [0.29, 0.717) is 4.90 Å². The first kappa shape index (κ1) is 16.6. The van der Waals surface area contributed by atoms with E-state index in [1.54, 1.807) is 18.5 Å². The van der Waals surface area contributed by atoms with Crippen molar-refractivity contribution in [2.24, 2.45) is 0 Å². The minimum atomic E-state index is -3.35. The molecule has 6 heteroatoms. The van der Waals surface area contributed by atoms with E-state index >= 15 is 0 Å². The minimum Gasteiger partial charge on any atom is -0.312 e. The molecule has 1 N–H and O–H groups in total. The fourth-order valence-electron chi connectivity index (χ4n) is 1.84. The van der Waals surface area contributed by atoms with Crippen molar-refractivity contribution in [2.45, 2.75) is 51.1 Å². The van der Waals surface area contributed by atoms with E-state index in [-0.39, 0.29) is 6.04 Å². The van der Waals surface area contributed by atoms with E-state index < -0.39 is 10.0 Å². The topological polar surface area (TPSA) is 49.4 Å². The molecule has 1 heterocycles. The van der Waals surface area contributed by atoms with Crippen LogP contribution in [0.2, 0.25) is 0 Å². The van der Waals surface area contributed by atoms with Crippen LogP contribution in [0.15, 0.2) is 16.3 Å². The second kappa shape index (κ2) is 7.38. The van der Waals surface area contributed by atoms with Crippen LogP contribution in [-0.4, -0.2) is 32.4 Å². The lowest BCUT2D eigenvalue weighted by molar-refractivity contribution is 0.369.